The summed E-state index contributed by atoms with van der Waals surface area (Å²) < 4.78 is 24.7. The molecule has 1 N–H and O–H groups in total. The van der Waals surface area contributed by atoms with Crippen LogP contribution in [-0.2, 0) is 16.1 Å². The summed E-state index contributed by atoms with van der Waals surface area (Å²) in [4.78, 5) is 26.9. The summed E-state index contributed by atoms with van der Waals surface area (Å²) in [6.07, 6.45) is -0.649. The Morgan fingerprint density at radius 1 is 1.09 bits per heavy atom. The minimum Gasteiger partial charge on any atom is -0.483 e. The maximum Gasteiger partial charge on any atom is 0.268 e. The molecule has 2 amide bonds. The number of benzene rings is 3. The Labute approximate surface area is 191 Å². The number of halogens is 1. The highest BCUT2D eigenvalue weighted by atomic mass is 19.1. The zero-order chi connectivity index (χ0) is 23.5. The molecule has 1 unspecified atom stereocenters. The van der Waals surface area contributed by atoms with Gasteiger partial charge in [-0.15, -0.1) is 0 Å². The van der Waals surface area contributed by atoms with E-state index in [0.717, 1.165) is 16.7 Å². The van der Waals surface area contributed by atoms with E-state index in [1.54, 1.807) is 42.2 Å². The van der Waals surface area contributed by atoms with Crippen molar-refractivity contribution in [2.24, 2.45) is 0 Å². The molecular weight excluding hydrogens is 423 g/mol. The summed E-state index contributed by atoms with van der Waals surface area (Å²) in [6.45, 7) is 5.65. The van der Waals surface area contributed by atoms with Crippen molar-refractivity contribution in [2.45, 2.75) is 33.4 Å². The fourth-order valence-electron chi connectivity index (χ4n) is 3.78. The van der Waals surface area contributed by atoms with Crippen LogP contribution in [0.1, 0.15) is 23.6 Å². The van der Waals surface area contributed by atoms with Crippen molar-refractivity contribution in [1.29, 1.82) is 0 Å². The molecule has 0 aromatic heterocycles. The average molecular weight is 448 g/mol. The molecule has 0 radical (unpaired) electrons. The largest absolute Gasteiger partial charge is 0.483 e. The van der Waals surface area contributed by atoms with Gasteiger partial charge in [0.25, 0.3) is 11.8 Å². The van der Waals surface area contributed by atoms with Gasteiger partial charge in [-0.2, -0.15) is 0 Å². The molecule has 0 saturated carbocycles. The van der Waals surface area contributed by atoms with Crippen molar-refractivity contribution in [3.63, 3.8) is 0 Å². The number of fused-ring (bicyclic) bond motifs is 1. The Hall–Kier alpha value is -3.87. The average Bonchev–Trinajstić information content (AvgIpc) is 2.78. The Morgan fingerprint density at radius 2 is 1.79 bits per heavy atom. The van der Waals surface area contributed by atoms with Gasteiger partial charge in [0.05, 0.1) is 12.2 Å². The first-order valence-electron chi connectivity index (χ1n) is 10.7. The van der Waals surface area contributed by atoms with E-state index in [4.69, 9.17) is 9.47 Å². The van der Waals surface area contributed by atoms with Crippen LogP contribution in [0.3, 0.4) is 0 Å². The Balaban J connectivity index is 1.51. The molecule has 1 aliphatic rings. The Kier molecular flexibility index (Phi) is 6.31. The number of para-hydroxylation sites is 1. The second-order valence-electron chi connectivity index (χ2n) is 8.05. The van der Waals surface area contributed by atoms with Crippen molar-refractivity contribution in [2.75, 3.05) is 16.8 Å². The molecule has 0 fully saturated rings. The molecule has 3 aromatic rings. The number of nitrogens with zero attached hydrogens (tertiary/aromatic N) is 1. The quantitative estimate of drug-likeness (QED) is 0.590. The maximum atomic E-state index is 13.3. The monoisotopic (exact) mass is 448 g/mol. The van der Waals surface area contributed by atoms with Crippen LogP contribution in [0.2, 0.25) is 0 Å². The first-order chi connectivity index (χ1) is 15.8. The molecule has 6 nitrogen and oxygen atoms in total. The second-order valence-corrected chi connectivity index (χ2v) is 8.05. The van der Waals surface area contributed by atoms with Gasteiger partial charge in [0.1, 0.15) is 17.3 Å². The number of ether oxygens (including phenoxy) is 2. The number of anilines is 2. The highest BCUT2D eigenvalue weighted by Crippen LogP contribution is 2.37. The van der Waals surface area contributed by atoms with E-state index in [1.807, 2.05) is 32.0 Å². The van der Waals surface area contributed by atoms with Gasteiger partial charge in [0, 0.05) is 5.69 Å². The molecule has 1 heterocycles. The van der Waals surface area contributed by atoms with E-state index in [9.17, 15) is 14.0 Å². The van der Waals surface area contributed by atoms with Crippen LogP contribution in [0.5, 0.6) is 11.5 Å². The van der Waals surface area contributed by atoms with Gasteiger partial charge in [-0.05, 0) is 67.8 Å². The van der Waals surface area contributed by atoms with Crippen LogP contribution in [0.4, 0.5) is 15.8 Å². The number of hydrogen-bond acceptors (Lipinski definition) is 4. The normalized spacial score (nSPS) is 15.0. The highest BCUT2D eigenvalue weighted by Gasteiger charge is 2.32. The van der Waals surface area contributed by atoms with Gasteiger partial charge in [-0.3, -0.25) is 9.59 Å². The molecule has 7 heteroatoms. The van der Waals surface area contributed by atoms with Crippen molar-refractivity contribution >= 4 is 23.2 Å². The van der Waals surface area contributed by atoms with Crippen molar-refractivity contribution in [3.05, 3.63) is 83.2 Å². The Morgan fingerprint density at radius 3 is 2.48 bits per heavy atom. The number of carbonyl (C=O) groups excluding carboxylic acids is 2. The fourth-order valence-corrected chi connectivity index (χ4v) is 3.78. The summed E-state index contributed by atoms with van der Waals surface area (Å²) >= 11 is 0. The summed E-state index contributed by atoms with van der Waals surface area (Å²) in [5.41, 5.74) is 3.74. The van der Waals surface area contributed by atoms with E-state index in [-0.39, 0.29) is 30.8 Å². The third kappa shape index (κ3) is 4.98. The lowest BCUT2D eigenvalue weighted by molar-refractivity contribution is -0.125. The fraction of sp³-hybridized carbons (Fsp3) is 0.231. The number of hydrogen-bond donors (Lipinski definition) is 1. The maximum absolute atomic E-state index is 13.3. The van der Waals surface area contributed by atoms with Crippen LogP contribution in [0.25, 0.3) is 0 Å². The smallest absolute Gasteiger partial charge is 0.268 e. The molecule has 1 atom stereocenters. The summed E-state index contributed by atoms with van der Waals surface area (Å²) in [6, 6.07) is 16.9. The molecule has 4 rings (SSSR count). The number of amides is 2. The third-order valence-corrected chi connectivity index (χ3v) is 5.46. The number of nitrogens with one attached hydrogen (secondary N) is 1. The van der Waals surface area contributed by atoms with Crippen molar-refractivity contribution in [1.82, 2.24) is 0 Å². The molecule has 0 aliphatic carbocycles. The minimum atomic E-state index is -0.649. The predicted molar refractivity (Wildman–Crippen MR) is 124 cm³/mol. The predicted octanol–water partition coefficient (Wildman–Crippen LogP) is 4.77. The first kappa shape index (κ1) is 22.3. The zero-order valence-corrected chi connectivity index (χ0v) is 18.7. The van der Waals surface area contributed by atoms with Crippen LogP contribution < -0.4 is 19.7 Å². The van der Waals surface area contributed by atoms with Gasteiger partial charge in [-0.1, -0.05) is 30.3 Å². The molecule has 170 valence electrons. The Bertz CT molecular complexity index is 1170. The standard InChI is InChI=1S/C26H25FN2O4/c1-16-5-4-6-17(2)25(16)32-15-24(30)28-21-11-12-23-22(13-21)29(26(31)18(3)33-23)14-19-7-9-20(27)10-8-19/h4-13,18H,14-15H2,1-3H3,(H,28,30). The van der Waals surface area contributed by atoms with Crippen molar-refractivity contribution < 1.29 is 23.5 Å². The second kappa shape index (κ2) is 9.32. The number of carbonyl (C=O) groups is 2. The molecule has 0 spiro atoms. The zero-order valence-electron chi connectivity index (χ0n) is 18.7. The molecule has 0 bridgehead atoms. The van der Waals surface area contributed by atoms with E-state index in [2.05, 4.69) is 5.32 Å². The summed E-state index contributed by atoms with van der Waals surface area (Å²) in [5.74, 6) is 0.354. The lowest BCUT2D eigenvalue weighted by Gasteiger charge is -2.33. The first-order valence-corrected chi connectivity index (χ1v) is 10.7. The minimum absolute atomic E-state index is 0.144. The third-order valence-electron chi connectivity index (χ3n) is 5.46. The van der Waals surface area contributed by atoms with Gasteiger partial charge >= 0.3 is 0 Å². The summed E-state index contributed by atoms with van der Waals surface area (Å²) in [5, 5.41) is 2.81. The lowest BCUT2D eigenvalue weighted by Crippen LogP contribution is -2.44. The molecule has 1 aliphatic heterocycles. The molecular formula is C26H25FN2O4. The number of aryl methyl sites for hydroxylation is 2. The van der Waals surface area contributed by atoms with E-state index < -0.39 is 6.10 Å². The molecule has 33 heavy (non-hydrogen) atoms. The van der Waals surface area contributed by atoms with Crippen LogP contribution in [0.15, 0.2) is 60.7 Å². The van der Waals surface area contributed by atoms with E-state index >= 15 is 0 Å². The highest BCUT2D eigenvalue weighted by molar-refractivity contribution is 6.01. The van der Waals surface area contributed by atoms with Gasteiger partial charge in [0.2, 0.25) is 0 Å². The van der Waals surface area contributed by atoms with Gasteiger partial charge in [0.15, 0.2) is 12.7 Å². The van der Waals surface area contributed by atoms with Crippen LogP contribution in [-0.4, -0.2) is 24.5 Å². The van der Waals surface area contributed by atoms with Crippen LogP contribution >= 0.6 is 0 Å². The van der Waals surface area contributed by atoms with Crippen LogP contribution in [0, 0.1) is 19.7 Å². The molecule has 0 saturated heterocycles. The number of rotatable bonds is 6. The molecule has 3 aromatic carbocycles. The van der Waals surface area contributed by atoms with Crippen molar-refractivity contribution in [3.8, 4) is 11.5 Å². The summed E-state index contributed by atoms with van der Waals surface area (Å²) in [7, 11) is 0. The van der Waals surface area contributed by atoms with Gasteiger partial charge in [-0.25, -0.2) is 4.39 Å². The topological polar surface area (TPSA) is 67.9 Å². The van der Waals surface area contributed by atoms with Gasteiger partial charge < -0.3 is 19.7 Å². The lowest BCUT2D eigenvalue weighted by atomic mass is 10.1. The van der Waals surface area contributed by atoms with E-state index in [1.165, 1.54) is 12.1 Å². The SMILES string of the molecule is Cc1cccc(C)c1OCC(=O)Nc1ccc2c(c1)N(Cc1ccc(F)cc1)C(=O)C(C)O2. The van der Waals surface area contributed by atoms with E-state index in [0.29, 0.717) is 22.9 Å².